The van der Waals surface area contributed by atoms with Gasteiger partial charge in [-0.3, -0.25) is 4.79 Å². The summed E-state index contributed by atoms with van der Waals surface area (Å²) < 4.78 is 27.2. The van der Waals surface area contributed by atoms with Gasteiger partial charge in [-0.05, 0) is 38.8 Å². The summed E-state index contributed by atoms with van der Waals surface area (Å²) in [5, 5.41) is 19.8. The molecule has 1 aliphatic rings. The van der Waals surface area contributed by atoms with Crippen LogP contribution in [0.3, 0.4) is 0 Å². The minimum Gasteiger partial charge on any atom is -0.481 e. The molecule has 25 heavy (non-hydrogen) atoms. The van der Waals surface area contributed by atoms with Crippen LogP contribution in [0.15, 0.2) is 18.2 Å². The highest BCUT2D eigenvalue weighted by Gasteiger charge is 2.66. The predicted octanol–water partition coefficient (Wildman–Crippen LogP) is 3.84. The summed E-state index contributed by atoms with van der Waals surface area (Å²) in [5.74, 6) is -3.63. The molecule has 0 spiro atoms. The first-order valence-corrected chi connectivity index (χ1v) is 8.20. The zero-order chi connectivity index (χ0) is 19.2. The molecule has 5 nitrogen and oxygen atoms in total. The van der Waals surface area contributed by atoms with Crippen molar-refractivity contribution in [2.24, 2.45) is 5.41 Å². The molecule has 1 heterocycles. The van der Waals surface area contributed by atoms with E-state index in [0.29, 0.717) is 6.07 Å². The highest BCUT2D eigenvalue weighted by Crippen LogP contribution is 2.52. The molecular formula is C18H24F2NO4+. The monoisotopic (exact) mass is 356 g/mol. The van der Waals surface area contributed by atoms with Gasteiger partial charge in [0, 0.05) is 6.07 Å². The lowest BCUT2D eigenvalue weighted by molar-refractivity contribution is -0.894. The first-order valence-electron chi connectivity index (χ1n) is 8.20. The molecule has 1 aromatic rings. The lowest BCUT2D eigenvalue weighted by atomic mass is 9.72. The van der Waals surface area contributed by atoms with Crippen LogP contribution in [-0.4, -0.2) is 45.4 Å². The molecule has 0 saturated carbocycles. The van der Waals surface area contributed by atoms with Crippen LogP contribution in [0.2, 0.25) is 0 Å². The summed E-state index contributed by atoms with van der Waals surface area (Å²) in [5.41, 5.74) is -2.17. The molecule has 1 saturated heterocycles. The van der Waals surface area contributed by atoms with Crippen molar-refractivity contribution < 1.29 is 33.1 Å². The van der Waals surface area contributed by atoms with E-state index in [4.69, 9.17) is 0 Å². The van der Waals surface area contributed by atoms with Crippen LogP contribution in [0.25, 0.3) is 0 Å². The minimum atomic E-state index is -1.44. The van der Waals surface area contributed by atoms with Crippen LogP contribution in [0.1, 0.15) is 45.6 Å². The normalized spacial score (nSPS) is 29.6. The molecule has 0 bridgehead atoms. The zero-order valence-corrected chi connectivity index (χ0v) is 14.8. The number of quaternary nitrogens is 1. The smallest absolute Gasteiger partial charge is 0.481 e. The van der Waals surface area contributed by atoms with Crippen LogP contribution < -0.4 is 0 Å². The lowest BCUT2D eigenvalue weighted by Crippen LogP contribution is -2.62. The Morgan fingerprint density at radius 1 is 1.28 bits per heavy atom. The number of rotatable bonds is 3. The van der Waals surface area contributed by atoms with E-state index in [-0.39, 0.29) is 25.1 Å². The molecule has 1 aliphatic heterocycles. The highest BCUT2D eigenvalue weighted by molar-refractivity contribution is 5.77. The molecule has 1 aromatic carbocycles. The summed E-state index contributed by atoms with van der Waals surface area (Å²) in [7, 11) is 0. The number of hydrogen-bond acceptors (Lipinski definition) is 2. The SMILES string of the molecule is CC[C@@]1(C(=O)O)C[N+](C(=O)O)(C(C)(C)C)C[C@H]1c1ccc(F)cc1F. The number of amides is 1. The van der Waals surface area contributed by atoms with Gasteiger partial charge in [0.15, 0.2) is 0 Å². The van der Waals surface area contributed by atoms with Gasteiger partial charge in [-0.1, -0.05) is 13.0 Å². The van der Waals surface area contributed by atoms with Gasteiger partial charge in [0.1, 0.15) is 29.1 Å². The van der Waals surface area contributed by atoms with Crippen molar-refractivity contribution in [3.05, 3.63) is 35.4 Å². The maximum Gasteiger partial charge on any atom is 0.514 e. The molecule has 2 N–H and O–H groups in total. The summed E-state index contributed by atoms with van der Waals surface area (Å²) in [4.78, 5) is 24.3. The van der Waals surface area contributed by atoms with Crippen molar-refractivity contribution in [2.75, 3.05) is 13.1 Å². The number of carbonyl (C=O) groups is 2. The zero-order valence-electron chi connectivity index (χ0n) is 14.8. The Bertz CT molecular complexity index is 716. The predicted molar refractivity (Wildman–Crippen MR) is 87.2 cm³/mol. The molecule has 7 heteroatoms. The van der Waals surface area contributed by atoms with Crippen molar-refractivity contribution in [3.63, 3.8) is 0 Å². The molecule has 2 rings (SSSR count). The second-order valence-electron chi connectivity index (χ2n) is 7.80. The number of hydrogen-bond donors (Lipinski definition) is 2. The Hall–Kier alpha value is -2.02. The second-order valence-corrected chi connectivity index (χ2v) is 7.80. The van der Waals surface area contributed by atoms with Gasteiger partial charge < -0.3 is 10.2 Å². The standard InChI is InChI=1S/C18H23F2NO4/c1-5-18(15(22)23)10-21(16(24)25,17(2,3)4)9-13(18)12-7-6-11(19)8-14(12)20/h6-8,13H,5,9-10H2,1-4H3,(H-,22,23,24,25)/p+1/t13-,18+,21?/m0/s1. The molecule has 1 fully saturated rings. The van der Waals surface area contributed by atoms with Gasteiger partial charge in [-0.15, -0.1) is 0 Å². The average Bonchev–Trinajstić information content (AvgIpc) is 2.85. The van der Waals surface area contributed by atoms with Crippen molar-refractivity contribution in [1.29, 1.82) is 0 Å². The van der Waals surface area contributed by atoms with Crippen LogP contribution in [0, 0.1) is 17.0 Å². The molecule has 1 unspecified atom stereocenters. The summed E-state index contributed by atoms with van der Waals surface area (Å²) in [6.45, 7) is 6.63. The lowest BCUT2D eigenvalue weighted by Gasteiger charge is -2.41. The van der Waals surface area contributed by atoms with Gasteiger partial charge in [0.05, 0.1) is 12.5 Å². The highest BCUT2D eigenvalue weighted by atomic mass is 19.1. The van der Waals surface area contributed by atoms with E-state index in [0.717, 1.165) is 6.07 Å². The Balaban J connectivity index is 2.71. The van der Waals surface area contributed by atoms with E-state index in [9.17, 15) is 28.6 Å². The van der Waals surface area contributed by atoms with Crippen molar-refractivity contribution in [1.82, 2.24) is 0 Å². The molecule has 0 aliphatic carbocycles. The number of nitrogens with zero attached hydrogens (tertiary/aromatic N) is 1. The van der Waals surface area contributed by atoms with E-state index in [1.165, 1.54) is 6.07 Å². The van der Waals surface area contributed by atoms with Crippen LogP contribution in [0.4, 0.5) is 13.6 Å². The van der Waals surface area contributed by atoms with Crippen LogP contribution in [-0.2, 0) is 4.79 Å². The van der Waals surface area contributed by atoms with Crippen molar-refractivity contribution in [3.8, 4) is 0 Å². The van der Waals surface area contributed by atoms with Crippen molar-refractivity contribution >= 4 is 12.1 Å². The fourth-order valence-corrected chi connectivity index (χ4v) is 3.99. The van der Waals surface area contributed by atoms with E-state index in [1.54, 1.807) is 27.7 Å². The molecule has 3 atom stereocenters. The topological polar surface area (TPSA) is 74.6 Å². The second kappa shape index (κ2) is 6.05. The third-order valence-electron chi connectivity index (χ3n) is 5.76. The van der Waals surface area contributed by atoms with Crippen LogP contribution >= 0.6 is 0 Å². The van der Waals surface area contributed by atoms with E-state index in [1.807, 2.05) is 0 Å². The third-order valence-corrected chi connectivity index (χ3v) is 5.76. The van der Waals surface area contributed by atoms with Gasteiger partial charge in [0.25, 0.3) is 0 Å². The number of aliphatic carboxylic acids is 1. The van der Waals surface area contributed by atoms with Crippen LogP contribution in [0.5, 0.6) is 0 Å². The quantitative estimate of drug-likeness (QED) is 0.807. The average molecular weight is 356 g/mol. The number of benzene rings is 1. The summed E-state index contributed by atoms with van der Waals surface area (Å²) in [6, 6.07) is 3.02. The van der Waals surface area contributed by atoms with Gasteiger partial charge in [-0.25, -0.2) is 13.3 Å². The number of carboxylic acids is 1. The summed E-state index contributed by atoms with van der Waals surface area (Å²) >= 11 is 0. The minimum absolute atomic E-state index is 0.0520. The van der Waals surface area contributed by atoms with E-state index in [2.05, 4.69) is 0 Å². The van der Waals surface area contributed by atoms with Crippen molar-refractivity contribution in [2.45, 2.75) is 45.6 Å². The maximum absolute atomic E-state index is 14.4. The van der Waals surface area contributed by atoms with E-state index >= 15 is 0 Å². The van der Waals surface area contributed by atoms with Gasteiger partial charge in [0.2, 0.25) is 0 Å². The number of likely N-dealkylation sites (tertiary alicyclic amines) is 1. The Labute approximate surface area is 145 Å². The number of halogens is 2. The first kappa shape index (κ1) is 19.3. The largest absolute Gasteiger partial charge is 0.514 e. The number of carboxylic acid groups (broad SMARTS) is 2. The fraction of sp³-hybridized carbons (Fsp3) is 0.556. The molecule has 0 aromatic heterocycles. The summed E-state index contributed by atoms with van der Waals surface area (Å²) in [6.07, 6.45) is -0.996. The Morgan fingerprint density at radius 3 is 2.28 bits per heavy atom. The fourth-order valence-electron chi connectivity index (χ4n) is 3.99. The third kappa shape index (κ3) is 2.80. The molecule has 1 amide bonds. The molecular weight excluding hydrogens is 332 g/mol. The van der Waals surface area contributed by atoms with E-state index < -0.39 is 45.1 Å². The van der Waals surface area contributed by atoms with Gasteiger partial charge in [-0.2, -0.15) is 4.79 Å². The molecule has 138 valence electrons. The maximum atomic E-state index is 14.4. The first-order chi connectivity index (χ1) is 11.4. The Kier molecular flexibility index (Phi) is 4.67. The van der Waals surface area contributed by atoms with Gasteiger partial charge >= 0.3 is 12.1 Å². The molecule has 0 radical (unpaired) electrons. The Morgan fingerprint density at radius 2 is 1.88 bits per heavy atom.